The van der Waals surface area contributed by atoms with E-state index >= 15 is 0 Å². The second-order valence-corrected chi connectivity index (χ2v) is 3.73. The molecular weight excluding hydrogens is 215 g/mol. The molecule has 0 bridgehead atoms. The lowest BCUT2D eigenvalue weighted by Crippen LogP contribution is -1.84. The molecule has 0 unspecified atom stereocenters. The summed E-state index contributed by atoms with van der Waals surface area (Å²) in [5.74, 6) is 0.827. The molecule has 2 rings (SSSR count). The van der Waals surface area contributed by atoms with Crippen LogP contribution >= 0.6 is 11.6 Å². The van der Waals surface area contributed by atoms with E-state index in [1.54, 1.807) is 10.9 Å². The van der Waals surface area contributed by atoms with Crippen LogP contribution in [0, 0.1) is 0 Å². The number of unbranched alkanes of at least 4 members (excludes halogenated alkanes) is 2. The molecule has 0 aliphatic carbocycles. The number of rotatable bonds is 5. The van der Waals surface area contributed by atoms with Crippen LogP contribution in [-0.4, -0.2) is 15.7 Å². The predicted molar refractivity (Wildman–Crippen MR) is 61.3 cm³/mol. The zero-order valence-corrected chi connectivity index (χ0v) is 9.67. The van der Waals surface area contributed by atoms with Gasteiger partial charge in [-0.2, -0.15) is 5.10 Å². The fourth-order valence-corrected chi connectivity index (χ4v) is 1.40. The van der Waals surface area contributed by atoms with Gasteiger partial charge in [0.25, 0.3) is 0 Å². The second kappa shape index (κ2) is 6.62. The molecule has 0 aromatic rings. The monoisotopic (exact) mass is 230 g/mol. The molecule has 2 aliphatic rings. The molecule has 15 heavy (non-hydrogen) atoms. The van der Waals surface area contributed by atoms with Gasteiger partial charge in [-0.1, -0.05) is 25.8 Å². The number of nitrogens with zero attached hydrogens (tertiary/aromatic N) is 2. The van der Waals surface area contributed by atoms with E-state index in [-0.39, 0.29) is 0 Å². The first-order valence-electron chi connectivity index (χ1n) is 5.23. The Balaban J connectivity index is 0.000000167. The zero-order chi connectivity index (χ0) is 11.1. The van der Waals surface area contributed by atoms with Crippen molar-refractivity contribution in [3.8, 4) is 5.69 Å². The van der Waals surface area contributed by atoms with Crippen LogP contribution in [0.1, 0.15) is 31.9 Å². The van der Waals surface area contributed by atoms with Crippen molar-refractivity contribution >= 4 is 11.6 Å². The molecule has 0 radical (unpaired) electrons. The second-order valence-electron chi connectivity index (χ2n) is 3.35. The van der Waals surface area contributed by atoms with Gasteiger partial charge in [-0.05, 0) is 6.42 Å². The Kier molecular flexibility index (Phi) is 5.40. The molecule has 84 valence electrons. The summed E-state index contributed by atoms with van der Waals surface area (Å²) in [6.07, 6.45) is 8.22. The van der Waals surface area contributed by atoms with Crippen molar-refractivity contribution in [1.82, 2.24) is 9.78 Å². The highest BCUT2D eigenvalue weighted by atomic mass is 35.5. The van der Waals surface area contributed by atoms with Gasteiger partial charge in [-0.15, -0.1) is 11.6 Å². The molecule has 0 fully saturated rings. The van der Waals surface area contributed by atoms with Crippen LogP contribution in [0.4, 0.5) is 4.39 Å². The number of halogens is 2. The Morgan fingerprint density at radius 2 is 2.27 bits per heavy atom. The molecule has 2 nitrogen and oxygen atoms in total. The first-order chi connectivity index (χ1) is 7.35. The predicted octanol–water partition coefficient (Wildman–Crippen LogP) is 3.63. The van der Waals surface area contributed by atoms with Crippen LogP contribution in [-0.2, 0) is 6.42 Å². The molecule has 0 atom stereocenters. The van der Waals surface area contributed by atoms with Crippen LogP contribution in [0.2, 0.25) is 0 Å². The summed E-state index contributed by atoms with van der Waals surface area (Å²) in [6.45, 7) is 2.17. The molecule has 0 amide bonds. The number of aromatic nitrogens is 2. The SMILES string of the molecule is CCCCCCl.FC=CCc1c2cnn1-2. The summed E-state index contributed by atoms with van der Waals surface area (Å²) >= 11 is 5.38. The van der Waals surface area contributed by atoms with Crippen LogP contribution in [0.25, 0.3) is 5.69 Å². The van der Waals surface area contributed by atoms with Crippen molar-refractivity contribution in [2.24, 2.45) is 0 Å². The van der Waals surface area contributed by atoms with Gasteiger partial charge in [0, 0.05) is 12.3 Å². The molecule has 2 aliphatic heterocycles. The Hall–Kier alpha value is -0.830. The van der Waals surface area contributed by atoms with E-state index in [4.69, 9.17) is 11.6 Å². The van der Waals surface area contributed by atoms with Gasteiger partial charge in [0.15, 0.2) is 0 Å². The maximum Gasteiger partial charge on any atom is 0.107 e. The molecule has 4 heteroatoms. The van der Waals surface area contributed by atoms with Gasteiger partial charge >= 0.3 is 0 Å². The van der Waals surface area contributed by atoms with E-state index in [0.29, 0.717) is 12.8 Å². The third kappa shape index (κ3) is 3.67. The maximum atomic E-state index is 11.4. The van der Waals surface area contributed by atoms with Gasteiger partial charge in [0.1, 0.15) is 5.69 Å². The molecule has 0 spiro atoms. The average Bonchev–Trinajstić information content (AvgIpc) is 2.73. The minimum absolute atomic E-state index is 0.562. The minimum Gasteiger partial charge on any atom is -0.232 e. The highest BCUT2D eigenvalue weighted by Gasteiger charge is 2.24. The fourth-order valence-electron chi connectivity index (χ4n) is 1.21. The number of hydrogen-bond acceptors (Lipinski definition) is 1. The van der Waals surface area contributed by atoms with Crippen LogP contribution in [0.5, 0.6) is 0 Å². The van der Waals surface area contributed by atoms with E-state index in [2.05, 4.69) is 12.0 Å². The summed E-state index contributed by atoms with van der Waals surface area (Å²) in [5.41, 5.74) is 2.29. The molecule has 0 saturated heterocycles. The van der Waals surface area contributed by atoms with E-state index in [1.807, 2.05) is 0 Å². The quantitative estimate of drug-likeness (QED) is 0.567. The Bertz CT molecular complexity index is 297. The van der Waals surface area contributed by atoms with E-state index in [9.17, 15) is 4.39 Å². The van der Waals surface area contributed by atoms with Crippen molar-refractivity contribution in [2.45, 2.75) is 32.6 Å². The van der Waals surface area contributed by atoms with Crippen molar-refractivity contribution in [3.63, 3.8) is 0 Å². The third-order valence-electron chi connectivity index (χ3n) is 2.16. The Morgan fingerprint density at radius 1 is 1.53 bits per heavy atom. The van der Waals surface area contributed by atoms with Gasteiger partial charge < -0.3 is 0 Å². The van der Waals surface area contributed by atoms with Crippen molar-refractivity contribution in [1.29, 1.82) is 0 Å². The summed E-state index contributed by atoms with van der Waals surface area (Å²) in [4.78, 5) is 0. The topological polar surface area (TPSA) is 17.8 Å². The summed E-state index contributed by atoms with van der Waals surface area (Å²) < 4.78 is 13.2. The molecule has 0 aromatic heterocycles. The maximum absolute atomic E-state index is 11.4. The van der Waals surface area contributed by atoms with E-state index in [1.165, 1.54) is 25.3 Å². The van der Waals surface area contributed by atoms with Crippen LogP contribution < -0.4 is 0 Å². The first-order valence-corrected chi connectivity index (χ1v) is 5.77. The van der Waals surface area contributed by atoms with Crippen LogP contribution in [0.3, 0.4) is 0 Å². The molecule has 2 heterocycles. The number of hydrogen-bond donors (Lipinski definition) is 0. The van der Waals surface area contributed by atoms with Crippen molar-refractivity contribution in [3.05, 3.63) is 24.3 Å². The highest BCUT2D eigenvalue weighted by Crippen LogP contribution is 2.29. The molecular formula is C11H16ClFN2. The Morgan fingerprint density at radius 3 is 2.60 bits per heavy atom. The van der Waals surface area contributed by atoms with E-state index in [0.717, 1.165) is 17.3 Å². The Labute approximate surface area is 94.7 Å². The number of fused-ring (bicyclic) bond motifs is 1. The number of allylic oxidation sites excluding steroid dienone is 1. The van der Waals surface area contributed by atoms with Crippen LogP contribution in [0.15, 0.2) is 18.6 Å². The van der Waals surface area contributed by atoms with Gasteiger partial charge in [-0.3, -0.25) is 0 Å². The first kappa shape index (κ1) is 12.2. The van der Waals surface area contributed by atoms with E-state index < -0.39 is 0 Å². The lowest BCUT2D eigenvalue weighted by atomic mass is 10.3. The normalized spacial score (nSPS) is 11.4. The standard InChI is InChI=1S/C6H5FN2.C5H11Cl/c7-3-1-2-5-6-4-8-9(5)6;1-2-3-4-5-6/h1,3-4H,2H2;2-5H2,1H3. The minimum atomic E-state index is 0.562. The van der Waals surface area contributed by atoms with Gasteiger partial charge in [0.05, 0.1) is 18.2 Å². The largest absolute Gasteiger partial charge is 0.232 e. The number of alkyl halides is 1. The molecule has 0 N–H and O–H groups in total. The summed E-state index contributed by atoms with van der Waals surface area (Å²) in [6, 6.07) is 0. The fraction of sp³-hybridized carbons (Fsp3) is 0.545. The smallest absolute Gasteiger partial charge is 0.107 e. The lowest BCUT2D eigenvalue weighted by molar-refractivity contribution is 0.716. The lowest BCUT2D eigenvalue weighted by Gasteiger charge is -1.84. The van der Waals surface area contributed by atoms with Gasteiger partial charge in [0.2, 0.25) is 0 Å². The summed E-state index contributed by atoms with van der Waals surface area (Å²) in [5, 5.41) is 3.86. The van der Waals surface area contributed by atoms with Crippen molar-refractivity contribution in [2.75, 3.05) is 5.88 Å². The summed E-state index contributed by atoms with van der Waals surface area (Å²) in [7, 11) is 0. The average molecular weight is 231 g/mol. The van der Waals surface area contributed by atoms with Crippen molar-refractivity contribution < 1.29 is 4.39 Å². The molecule has 0 aromatic carbocycles. The van der Waals surface area contributed by atoms with Gasteiger partial charge in [-0.25, -0.2) is 9.07 Å². The zero-order valence-electron chi connectivity index (χ0n) is 8.92. The highest BCUT2D eigenvalue weighted by molar-refractivity contribution is 6.17. The molecule has 0 saturated carbocycles. The third-order valence-corrected chi connectivity index (χ3v) is 2.43.